The third-order valence-electron chi connectivity index (χ3n) is 2.88. The normalized spacial score (nSPS) is 12.6. The van der Waals surface area contributed by atoms with Crippen LogP contribution in [-0.4, -0.2) is 0 Å². The van der Waals surface area contributed by atoms with Gasteiger partial charge in [-0.25, -0.2) is 0 Å². The molecule has 0 atom stereocenters. The molecular formula is C17H26. The van der Waals surface area contributed by atoms with Crippen LogP contribution in [0.5, 0.6) is 0 Å². The van der Waals surface area contributed by atoms with Gasteiger partial charge in [-0.3, -0.25) is 0 Å². The fraction of sp³-hybridized carbons (Fsp3) is 0.529. The van der Waals surface area contributed by atoms with E-state index in [-0.39, 0.29) is 5.41 Å². The highest BCUT2D eigenvalue weighted by Crippen LogP contribution is 2.29. The zero-order chi connectivity index (χ0) is 13.3. The van der Waals surface area contributed by atoms with Gasteiger partial charge in [-0.2, -0.15) is 0 Å². The van der Waals surface area contributed by atoms with Crippen LogP contribution in [-0.2, 0) is 11.8 Å². The Bertz CT molecular complexity index is 397. The molecule has 94 valence electrons. The summed E-state index contributed by atoms with van der Waals surface area (Å²) < 4.78 is 0. The van der Waals surface area contributed by atoms with Crippen LogP contribution in [0.15, 0.2) is 24.8 Å². The number of benzene rings is 1. The molecule has 1 rings (SSSR count). The van der Waals surface area contributed by atoms with Crippen molar-refractivity contribution in [1.82, 2.24) is 0 Å². The zero-order valence-electron chi connectivity index (χ0n) is 12.2. The predicted molar refractivity (Wildman–Crippen MR) is 78.4 cm³/mol. The largest absolute Gasteiger partial charge is 0.0985 e. The van der Waals surface area contributed by atoms with Gasteiger partial charge in [0.15, 0.2) is 0 Å². The first-order valence-corrected chi connectivity index (χ1v) is 6.39. The van der Waals surface area contributed by atoms with Crippen LogP contribution in [0.3, 0.4) is 0 Å². The van der Waals surface area contributed by atoms with E-state index in [1.165, 1.54) is 16.7 Å². The maximum Gasteiger partial charge on any atom is -0.0126 e. The first-order chi connectivity index (χ1) is 7.63. The molecule has 0 nitrogen and oxygen atoms in total. The predicted octanol–water partition coefficient (Wildman–Crippen LogP) is 5.22. The molecular weight excluding hydrogens is 204 g/mol. The minimum Gasteiger partial charge on any atom is -0.0985 e. The van der Waals surface area contributed by atoms with Crippen molar-refractivity contribution in [3.05, 3.63) is 41.5 Å². The Labute approximate surface area is 107 Å². The van der Waals surface area contributed by atoms with E-state index in [1.54, 1.807) is 0 Å². The molecule has 0 spiro atoms. The van der Waals surface area contributed by atoms with Crippen LogP contribution >= 0.6 is 0 Å². The van der Waals surface area contributed by atoms with Gasteiger partial charge in [-0.15, -0.1) is 0 Å². The molecule has 0 amide bonds. The van der Waals surface area contributed by atoms with Crippen LogP contribution in [0.1, 0.15) is 58.2 Å². The minimum absolute atomic E-state index is 0.184. The van der Waals surface area contributed by atoms with Gasteiger partial charge in [0.1, 0.15) is 0 Å². The molecule has 1 aromatic rings. The first kappa shape index (κ1) is 14.0. The van der Waals surface area contributed by atoms with Gasteiger partial charge in [0.25, 0.3) is 0 Å². The van der Waals surface area contributed by atoms with E-state index >= 15 is 0 Å². The fourth-order valence-corrected chi connectivity index (χ4v) is 2.19. The van der Waals surface area contributed by atoms with E-state index in [0.29, 0.717) is 5.41 Å². The second-order valence-electron chi connectivity index (χ2n) is 7.11. The average Bonchev–Trinajstić information content (AvgIpc) is 2.13. The molecule has 17 heavy (non-hydrogen) atoms. The molecule has 0 fully saturated rings. The Morgan fingerprint density at radius 1 is 1.06 bits per heavy atom. The van der Waals surface area contributed by atoms with Crippen molar-refractivity contribution < 1.29 is 0 Å². The maximum absolute atomic E-state index is 3.94. The summed E-state index contributed by atoms with van der Waals surface area (Å²) in [6.45, 7) is 17.5. The SMILES string of the molecule is C=Cc1cc(CC(C)(C)C)ccc1C(C)(C)C. The molecule has 0 radical (unpaired) electrons. The molecule has 0 saturated heterocycles. The molecule has 0 bridgehead atoms. The summed E-state index contributed by atoms with van der Waals surface area (Å²) in [7, 11) is 0. The fourth-order valence-electron chi connectivity index (χ4n) is 2.19. The highest BCUT2D eigenvalue weighted by Gasteiger charge is 2.18. The van der Waals surface area contributed by atoms with Gasteiger partial charge in [0.05, 0.1) is 0 Å². The van der Waals surface area contributed by atoms with Gasteiger partial charge >= 0.3 is 0 Å². The quantitative estimate of drug-likeness (QED) is 0.653. The Kier molecular flexibility index (Phi) is 3.86. The molecule has 0 N–H and O–H groups in total. The Morgan fingerprint density at radius 3 is 2.06 bits per heavy atom. The zero-order valence-corrected chi connectivity index (χ0v) is 12.2. The average molecular weight is 230 g/mol. The Hall–Kier alpha value is -1.04. The van der Waals surface area contributed by atoms with Crippen LogP contribution in [0.2, 0.25) is 0 Å². The van der Waals surface area contributed by atoms with E-state index in [9.17, 15) is 0 Å². The van der Waals surface area contributed by atoms with E-state index in [0.717, 1.165) is 6.42 Å². The van der Waals surface area contributed by atoms with Crippen LogP contribution in [0, 0.1) is 5.41 Å². The van der Waals surface area contributed by atoms with Crippen molar-refractivity contribution in [2.45, 2.75) is 53.4 Å². The first-order valence-electron chi connectivity index (χ1n) is 6.39. The summed E-state index contributed by atoms with van der Waals surface area (Å²) in [6.07, 6.45) is 3.09. The van der Waals surface area contributed by atoms with Crippen LogP contribution < -0.4 is 0 Å². The van der Waals surface area contributed by atoms with Gasteiger partial charge in [0, 0.05) is 0 Å². The van der Waals surface area contributed by atoms with Crippen molar-refractivity contribution in [2.24, 2.45) is 5.41 Å². The number of hydrogen-bond donors (Lipinski definition) is 0. The third kappa shape index (κ3) is 4.03. The number of hydrogen-bond acceptors (Lipinski definition) is 0. The Balaban J connectivity index is 3.14. The summed E-state index contributed by atoms with van der Waals surface area (Å²) in [5.41, 5.74) is 4.58. The van der Waals surface area contributed by atoms with E-state index in [2.05, 4.69) is 66.3 Å². The summed E-state index contributed by atoms with van der Waals surface area (Å²) in [6, 6.07) is 6.82. The minimum atomic E-state index is 0.184. The highest BCUT2D eigenvalue weighted by molar-refractivity contribution is 5.55. The van der Waals surface area contributed by atoms with Gasteiger partial charge in [-0.05, 0) is 33.9 Å². The molecule has 0 unspecified atom stereocenters. The van der Waals surface area contributed by atoms with Crippen LogP contribution in [0.25, 0.3) is 6.08 Å². The second kappa shape index (κ2) is 4.68. The molecule has 0 saturated carbocycles. The molecule has 0 aromatic heterocycles. The van der Waals surface area contributed by atoms with Gasteiger partial charge in [-0.1, -0.05) is 72.4 Å². The molecule has 0 aliphatic carbocycles. The van der Waals surface area contributed by atoms with Gasteiger partial charge < -0.3 is 0 Å². The molecule has 0 heterocycles. The summed E-state index contributed by atoms with van der Waals surface area (Å²) in [4.78, 5) is 0. The topological polar surface area (TPSA) is 0 Å². The molecule has 0 aliphatic rings. The second-order valence-corrected chi connectivity index (χ2v) is 7.11. The summed E-state index contributed by atoms with van der Waals surface area (Å²) in [5, 5.41) is 0. The van der Waals surface area contributed by atoms with Crippen molar-refractivity contribution in [3.63, 3.8) is 0 Å². The molecule has 0 heteroatoms. The highest BCUT2D eigenvalue weighted by atomic mass is 14.2. The maximum atomic E-state index is 3.94. The smallest absolute Gasteiger partial charge is 0.0126 e. The Morgan fingerprint density at radius 2 is 1.65 bits per heavy atom. The lowest BCUT2D eigenvalue weighted by Gasteiger charge is -2.24. The third-order valence-corrected chi connectivity index (χ3v) is 2.88. The van der Waals surface area contributed by atoms with E-state index in [4.69, 9.17) is 0 Å². The van der Waals surface area contributed by atoms with Crippen molar-refractivity contribution in [1.29, 1.82) is 0 Å². The summed E-state index contributed by atoms with van der Waals surface area (Å²) >= 11 is 0. The lowest BCUT2D eigenvalue weighted by molar-refractivity contribution is 0.411. The van der Waals surface area contributed by atoms with Crippen molar-refractivity contribution in [2.75, 3.05) is 0 Å². The number of rotatable bonds is 2. The lowest BCUT2D eigenvalue weighted by atomic mass is 9.81. The van der Waals surface area contributed by atoms with E-state index in [1.807, 2.05) is 6.08 Å². The van der Waals surface area contributed by atoms with Crippen LogP contribution in [0.4, 0.5) is 0 Å². The van der Waals surface area contributed by atoms with Gasteiger partial charge in [0.2, 0.25) is 0 Å². The van der Waals surface area contributed by atoms with Crippen molar-refractivity contribution in [3.8, 4) is 0 Å². The summed E-state index contributed by atoms with van der Waals surface area (Å²) in [5.74, 6) is 0. The standard InChI is InChI=1S/C17H26/c1-8-14-11-13(12-16(2,3)4)9-10-15(14)17(5,6)7/h8-11H,1,12H2,2-7H3. The lowest BCUT2D eigenvalue weighted by Crippen LogP contribution is -2.14. The molecule has 1 aromatic carbocycles. The monoisotopic (exact) mass is 230 g/mol. The molecule has 0 aliphatic heterocycles. The van der Waals surface area contributed by atoms with E-state index < -0.39 is 0 Å². The van der Waals surface area contributed by atoms with Crippen molar-refractivity contribution >= 4 is 6.08 Å².